The topological polar surface area (TPSA) is 49.3 Å². The number of carbonyl (C=O) groups is 1. The number of nitrogens with one attached hydrogen (secondary N) is 1. The van der Waals surface area contributed by atoms with E-state index in [2.05, 4.69) is 5.32 Å². The van der Waals surface area contributed by atoms with Crippen LogP contribution in [0, 0.1) is 0 Å². The number of aliphatic hydroxyl groups is 1. The Morgan fingerprint density at radius 3 is 2.57 bits per heavy atom. The van der Waals surface area contributed by atoms with Crippen molar-refractivity contribution in [3.63, 3.8) is 0 Å². The molecule has 1 atom stereocenters. The number of benzene rings is 2. The van der Waals surface area contributed by atoms with Crippen LogP contribution in [0.3, 0.4) is 0 Å². The number of amides is 1. The van der Waals surface area contributed by atoms with Crippen LogP contribution >= 0.6 is 24.0 Å². The molecule has 1 aliphatic heterocycles. The van der Waals surface area contributed by atoms with Crippen LogP contribution in [0.1, 0.15) is 24.2 Å². The van der Waals surface area contributed by atoms with Gasteiger partial charge in [0.2, 0.25) is 0 Å². The lowest BCUT2D eigenvalue weighted by molar-refractivity contribution is -0.115. The summed E-state index contributed by atoms with van der Waals surface area (Å²) < 4.78 is 0.483. The Bertz CT molecular complexity index is 781. The molecule has 0 aromatic heterocycles. The third kappa shape index (κ3) is 2.72. The molecule has 1 amide bonds. The maximum atomic E-state index is 11.8. The van der Waals surface area contributed by atoms with Crippen LogP contribution in [0.5, 0.6) is 0 Å². The second-order valence-electron chi connectivity index (χ2n) is 4.82. The fourth-order valence-corrected chi connectivity index (χ4v) is 3.43. The summed E-state index contributed by atoms with van der Waals surface area (Å²) in [6, 6.07) is 11.7. The number of fused-ring (bicyclic) bond motifs is 1. The molecule has 2 aromatic carbocycles. The van der Waals surface area contributed by atoms with Crippen molar-refractivity contribution in [1.29, 1.82) is 0 Å². The van der Waals surface area contributed by atoms with Crippen LogP contribution in [-0.2, 0) is 4.79 Å². The molecule has 5 heteroatoms. The number of aliphatic hydroxyl groups excluding tert-OH is 1. The highest BCUT2D eigenvalue weighted by Crippen LogP contribution is 2.31. The molecule has 1 heterocycles. The van der Waals surface area contributed by atoms with Crippen molar-refractivity contribution in [1.82, 2.24) is 5.32 Å². The van der Waals surface area contributed by atoms with Crippen molar-refractivity contribution >= 4 is 51.1 Å². The molecule has 3 rings (SSSR count). The first kappa shape index (κ1) is 14.3. The molecule has 1 unspecified atom stereocenters. The van der Waals surface area contributed by atoms with Gasteiger partial charge < -0.3 is 10.4 Å². The Morgan fingerprint density at radius 1 is 1.24 bits per heavy atom. The summed E-state index contributed by atoms with van der Waals surface area (Å²) >= 11 is 6.27. The summed E-state index contributed by atoms with van der Waals surface area (Å²) in [5.41, 5.74) is 1.82. The minimum atomic E-state index is -0.534. The average Bonchev–Trinajstić information content (AvgIpc) is 2.77. The minimum Gasteiger partial charge on any atom is -0.389 e. The Balaban J connectivity index is 2.17. The van der Waals surface area contributed by atoms with E-state index in [0.29, 0.717) is 9.23 Å². The Hall–Kier alpha value is -1.69. The summed E-state index contributed by atoms with van der Waals surface area (Å²) in [7, 11) is 0. The molecule has 2 N–H and O–H groups in total. The van der Waals surface area contributed by atoms with E-state index in [1.165, 1.54) is 11.8 Å². The van der Waals surface area contributed by atoms with Gasteiger partial charge in [0.05, 0.1) is 11.0 Å². The van der Waals surface area contributed by atoms with Gasteiger partial charge in [-0.1, -0.05) is 60.4 Å². The zero-order chi connectivity index (χ0) is 15.0. The van der Waals surface area contributed by atoms with Crippen LogP contribution in [0.15, 0.2) is 41.3 Å². The highest BCUT2D eigenvalue weighted by molar-refractivity contribution is 8.26. The maximum absolute atomic E-state index is 11.8. The molecule has 2 aromatic rings. The predicted octanol–water partition coefficient (Wildman–Crippen LogP) is 3.38. The molecular formula is C16H13NO2S2. The second kappa shape index (κ2) is 5.60. The molecule has 0 bridgehead atoms. The monoisotopic (exact) mass is 315 g/mol. The van der Waals surface area contributed by atoms with E-state index in [0.717, 1.165) is 21.9 Å². The molecular weight excluding hydrogens is 302 g/mol. The predicted molar refractivity (Wildman–Crippen MR) is 90.9 cm³/mol. The third-order valence-corrected chi connectivity index (χ3v) is 4.53. The summed E-state index contributed by atoms with van der Waals surface area (Å²) in [6.45, 7) is 1.75. The van der Waals surface area contributed by atoms with E-state index in [1.54, 1.807) is 6.92 Å². The second-order valence-corrected chi connectivity index (χ2v) is 6.54. The van der Waals surface area contributed by atoms with E-state index in [4.69, 9.17) is 12.2 Å². The molecule has 1 saturated heterocycles. The van der Waals surface area contributed by atoms with Gasteiger partial charge in [-0.15, -0.1) is 0 Å². The van der Waals surface area contributed by atoms with Gasteiger partial charge in [0.15, 0.2) is 0 Å². The number of rotatable bonds is 2. The standard InChI is InChI=1S/C16H13NO2S2/c1-9(18)11-7-6-10(12-4-2-3-5-13(11)12)8-14-15(19)17-16(20)21-14/h2-9,18H,1H3,(H,17,19,20)/b14-8+. The van der Waals surface area contributed by atoms with Gasteiger partial charge in [-0.2, -0.15) is 0 Å². The van der Waals surface area contributed by atoms with Crippen molar-refractivity contribution in [2.45, 2.75) is 13.0 Å². The fraction of sp³-hybridized carbons (Fsp3) is 0.125. The number of hydrogen-bond acceptors (Lipinski definition) is 4. The van der Waals surface area contributed by atoms with E-state index in [-0.39, 0.29) is 5.91 Å². The first-order chi connectivity index (χ1) is 10.1. The van der Waals surface area contributed by atoms with Crippen LogP contribution in [0.4, 0.5) is 0 Å². The van der Waals surface area contributed by atoms with Gasteiger partial charge in [-0.05, 0) is 34.9 Å². The van der Waals surface area contributed by atoms with E-state index in [9.17, 15) is 9.90 Å². The number of thiocarbonyl (C=S) groups is 1. The molecule has 0 saturated carbocycles. The third-order valence-electron chi connectivity index (χ3n) is 3.37. The first-order valence-electron chi connectivity index (χ1n) is 6.51. The van der Waals surface area contributed by atoms with Gasteiger partial charge in [0, 0.05) is 0 Å². The molecule has 106 valence electrons. The zero-order valence-electron chi connectivity index (χ0n) is 11.3. The van der Waals surface area contributed by atoms with Crippen LogP contribution in [-0.4, -0.2) is 15.3 Å². The highest BCUT2D eigenvalue weighted by Gasteiger charge is 2.22. The van der Waals surface area contributed by atoms with Gasteiger partial charge >= 0.3 is 0 Å². The molecule has 21 heavy (non-hydrogen) atoms. The van der Waals surface area contributed by atoms with Gasteiger partial charge in [-0.3, -0.25) is 4.79 Å². The van der Waals surface area contributed by atoms with Gasteiger partial charge in [0.25, 0.3) is 5.91 Å². The number of thioether (sulfide) groups is 1. The van der Waals surface area contributed by atoms with E-state index in [1.807, 2.05) is 42.5 Å². The Morgan fingerprint density at radius 2 is 1.95 bits per heavy atom. The lowest BCUT2D eigenvalue weighted by atomic mass is 9.97. The summed E-state index contributed by atoms with van der Waals surface area (Å²) in [5.74, 6) is -0.159. The lowest BCUT2D eigenvalue weighted by Gasteiger charge is -2.11. The summed E-state index contributed by atoms with van der Waals surface area (Å²) in [6.07, 6.45) is 1.31. The SMILES string of the molecule is CC(O)c1ccc(/C=C2/SC(=S)NC2=O)c2ccccc12. The largest absolute Gasteiger partial charge is 0.389 e. The molecule has 3 nitrogen and oxygen atoms in total. The number of hydrogen-bond donors (Lipinski definition) is 2. The van der Waals surface area contributed by atoms with Crippen molar-refractivity contribution in [2.24, 2.45) is 0 Å². The van der Waals surface area contributed by atoms with Crippen LogP contribution in [0.2, 0.25) is 0 Å². The minimum absolute atomic E-state index is 0.159. The van der Waals surface area contributed by atoms with E-state index < -0.39 is 6.10 Å². The molecule has 1 fully saturated rings. The van der Waals surface area contributed by atoms with Gasteiger partial charge in [-0.25, -0.2) is 0 Å². The van der Waals surface area contributed by atoms with E-state index >= 15 is 0 Å². The van der Waals surface area contributed by atoms with Gasteiger partial charge in [0.1, 0.15) is 4.32 Å². The Kier molecular flexibility index (Phi) is 3.80. The molecule has 1 aliphatic rings. The normalized spacial score (nSPS) is 18.3. The summed E-state index contributed by atoms with van der Waals surface area (Å²) in [5, 5.41) is 14.5. The highest BCUT2D eigenvalue weighted by atomic mass is 32.2. The van der Waals surface area contributed by atoms with Crippen molar-refractivity contribution in [3.8, 4) is 0 Å². The van der Waals surface area contributed by atoms with Crippen molar-refractivity contribution < 1.29 is 9.90 Å². The lowest BCUT2D eigenvalue weighted by Crippen LogP contribution is -2.17. The quantitative estimate of drug-likeness (QED) is 0.659. The maximum Gasteiger partial charge on any atom is 0.263 e. The summed E-state index contributed by atoms with van der Waals surface area (Å²) in [4.78, 5) is 12.4. The van der Waals surface area contributed by atoms with Crippen LogP contribution in [0.25, 0.3) is 16.8 Å². The smallest absolute Gasteiger partial charge is 0.263 e. The fourth-order valence-electron chi connectivity index (χ4n) is 2.40. The average molecular weight is 315 g/mol. The number of carbonyl (C=O) groups excluding carboxylic acids is 1. The molecule has 0 spiro atoms. The molecule has 0 radical (unpaired) electrons. The van der Waals surface area contributed by atoms with Crippen molar-refractivity contribution in [2.75, 3.05) is 0 Å². The van der Waals surface area contributed by atoms with Crippen LogP contribution < -0.4 is 5.32 Å². The zero-order valence-corrected chi connectivity index (χ0v) is 12.9. The first-order valence-corrected chi connectivity index (χ1v) is 7.73. The van der Waals surface area contributed by atoms with Crippen molar-refractivity contribution in [3.05, 3.63) is 52.4 Å². The Labute approximate surface area is 132 Å². The molecule has 0 aliphatic carbocycles.